The van der Waals surface area contributed by atoms with E-state index < -0.39 is 5.60 Å². The predicted octanol–water partition coefficient (Wildman–Crippen LogP) is 3.89. The number of carbonyl (C=O) groups excluding carboxylic acids is 1. The molecule has 5 rings (SSSR count). The number of aromatic nitrogens is 4. The highest BCUT2D eigenvalue weighted by molar-refractivity contribution is 5.94. The van der Waals surface area contributed by atoms with Crippen molar-refractivity contribution in [3.05, 3.63) is 66.2 Å². The summed E-state index contributed by atoms with van der Waals surface area (Å²) in [5, 5.41) is 20.8. The molecule has 0 aliphatic heterocycles. The van der Waals surface area contributed by atoms with E-state index in [1.165, 1.54) is 0 Å². The number of carbonyl (C=O) groups is 1. The van der Waals surface area contributed by atoms with Crippen LogP contribution < -0.4 is 15.4 Å². The highest BCUT2D eigenvalue weighted by atomic mass is 16.5. The molecule has 1 saturated carbocycles. The molecule has 9 nitrogen and oxygen atoms in total. The van der Waals surface area contributed by atoms with E-state index in [0.29, 0.717) is 29.0 Å². The van der Waals surface area contributed by atoms with Gasteiger partial charge in [0.05, 0.1) is 22.9 Å². The first-order chi connectivity index (χ1) is 16.7. The molecule has 4 aromatic heterocycles. The van der Waals surface area contributed by atoms with Crippen molar-refractivity contribution in [1.82, 2.24) is 24.9 Å². The molecular weight excluding hydrogens is 444 g/mol. The predicted molar refractivity (Wildman–Crippen MR) is 133 cm³/mol. The van der Waals surface area contributed by atoms with Crippen LogP contribution in [0.5, 0.6) is 5.75 Å². The zero-order chi connectivity index (χ0) is 24.6. The van der Waals surface area contributed by atoms with Crippen LogP contribution in [0.1, 0.15) is 42.7 Å². The first-order valence-electron chi connectivity index (χ1n) is 11.6. The fraction of sp³-hybridized carbons (Fsp3) is 0.308. The summed E-state index contributed by atoms with van der Waals surface area (Å²) in [7, 11) is 0. The van der Waals surface area contributed by atoms with Crippen LogP contribution in [0.2, 0.25) is 0 Å². The van der Waals surface area contributed by atoms with Crippen LogP contribution in [0.15, 0.2) is 55.0 Å². The maximum Gasteiger partial charge on any atom is 0.253 e. The number of nitrogens with one attached hydrogen (secondary N) is 2. The molecule has 4 heterocycles. The molecule has 0 spiro atoms. The lowest BCUT2D eigenvalue weighted by Gasteiger charge is -2.19. The minimum Gasteiger partial charge on any atom is -0.488 e. The second-order valence-corrected chi connectivity index (χ2v) is 9.54. The van der Waals surface area contributed by atoms with Crippen molar-refractivity contribution in [3.8, 4) is 16.9 Å². The fourth-order valence-electron chi connectivity index (χ4n) is 3.60. The van der Waals surface area contributed by atoms with E-state index in [2.05, 4.69) is 25.7 Å². The summed E-state index contributed by atoms with van der Waals surface area (Å²) in [4.78, 5) is 20.9. The van der Waals surface area contributed by atoms with Gasteiger partial charge in [-0.3, -0.25) is 9.78 Å². The summed E-state index contributed by atoms with van der Waals surface area (Å²) in [5.41, 5.74) is 3.18. The molecule has 9 heteroatoms. The SMILES string of the molecule is Cc1cc(-c2ccn3nc(Nc4ccc(C(=O)NC5CC5)cn4)cc3c2)c(OCC(C)(C)O)cn1. The first kappa shape index (κ1) is 22.8. The third-order valence-electron chi connectivity index (χ3n) is 5.55. The summed E-state index contributed by atoms with van der Waals surface area (Å²) in [6, 6.07) is 11.7. The maximum absolute atomic E-state index is 12.2. The van der Waals surface area contributed by atoms with Crippen molar-refractivity contribution in [2.24, 2.45) is 0 Å². The Kier molecular flexibility index (Phi) is 5.86. The van der Waals surface area contributed by atoms with E-state index in [9.17, 15) is 9.90 Å². The lowest BCUT2D eigenvalue weighted by Crippen LogP contribution is -2.28. The second-order valence-electron chi connectivity index (χ2n) is 9.54. The Hall–Kier alpha value is -3.98. The molecule has 0 atom stereocenters. The molecule has 0 radical (unpaired) electrons. The van der Waals surface area contributed by atoms with Gasteiger partial charge >= 0.3 is 0 Å². The van der Waals surface area contributed by atoms with Gasteiger partial charge in [0.25, 0.3) is 5.91 Å². The Morgan fingerprint density at radius 1 is 1.14 bits per heavy atom. The van der Waals surface area contributed by atoms with Gasteiger partial charge in [-0.05, 0) is 69.5 Å². The number of anilines is 2. The van der Waals surface area contributed by atoms with Crippen molar-refractivity contribution in [2.75, 3.05) is 11.9 Å². The average Bonchev–Trinajstić information content (AvgIpc) is 3.54. The third-order valence-corrected chi connectivity index (χ3v) is 5.55. The van der Waals surface area contributed by atoms with Gasteiger partial charge in [-0.25, -0.2) is 9.50 Å². The molecule has 180 valence electrons. The molecule has 1 aliphatic rings. The van der Waals surface area contributed by atoms with Gasteiger partial charge in [0.2, 0.25) is 0 Å². The number of aryl methyl sites for hydroxylation is 1. The summed E-state index contributed by atoms with van der Waals surface area (Å²) in [6.07, 6.45) is 7.22. The highest BCUT2D eigenvalue weighted by Gasteiger charge is 2.24. The number of amides is 1. The lowest BCUT2D eigenvalue weighted by molar-refractivity contribution is 0.0286. The fourth-order valence-corrected chi connectivity index (χ4v) is 3.60. The Morgan fingerprint density at radius 2 is 1.97 bits per heavy atom. The Labute approximate surface area is 203 Å². The van der Waals surface area contributed by atoms with E-state index in [-0.39, 0.29) is 12.5 Å². The molecule has 4 aromatic rings. The smallest absolute Gasteiger partial charge is 0.253 e. The lowest BCUT2D eigenvalue weighted by atomic mass is 10.1. The molecule has 0 bridgehead atoms. The van der Waals surface area contributed by atoms with E-state index in [4.69, 9.17) is 4.74 Å². The van der Waals surface area contributed by atoms with Gasteiger partial charge in [0.1, 0.15) is 18.2 Å². The molecule has 0 saturated heterocycles. The van der Waals surface area contributed by atoms with Crippen LogP contribution in [-0.2, 0) is 0 Å². The van der Waals surface area contributed by atoms with Crippen LogP contribution >= 0.6 is 0 Å². The summed E-state index contributed by atoms with van der Waals surface area (Å²) >= 11 is 0. The Bertz CT molecular complexity index is 1370. The monoisotopic (exact) mass is 472 g/mol. The van der Waals surface area contributed by atoms with Gasteiger partial charge in [0.15, 0.2) is 5.82 Å². The van der Waals surface area contributed by atoms with Crippen LogP contribution in [-0.4, -0.2) is 48.8 Å². The van der Waals surface area contributed by atoms with E-state index in [1.54, 1.807) is 42.9 Å². The largest absolute Gasteiger partial charge is 0.488 e. The van der Waals surface area contributed by atoms with Crippen molar-refractivity contribution in [2.45, 2.75) is 45.3 Å². The molecule has 1 fully saturated rings. The van der Waals surface area contributed by atoms with Crippen molar-refractivity contribution in [1.29, 1.82) is 0 Å². The summed E-state index contributed by atoms with van der Waals surface area (Å²) in [5.74, 6) is 1.75. The maximum atomic E-state index is 12.2. The van der Waals surface area contributed by atoms with Crippen LogP contribution in [0, 0.1) is 6.92 Å². The number of ether oxygens (including phenoxy) is 1. The Balaban J connectivity index is 1.35. The standard InChI is InChI=1S/C26H28N6O3/c1-16-10-21(22(14-27-16)35-15-26(2,3)34)17-8-9-32-20(11-17)12-24(31-32)30-23-7-4-18(13-28-23)25(33)29-19-5-6-19/h4,7-14,19,34H,5-6,15H2,1-3H3,(H,29,33)(H,28,30,31). The zero-order valence-corrected chi connectivity index (χ0v) is 19.9. The number of nitrogens with zero attached hydrogens (tertiary/aromatic N) is 4. The van der Waals surface area contributed by atoms with E-state index in [0.717, 1.165) is 35.2 Å². The van der Waals surface area contributed by atoms with Crippen molar-refractivity contribution in [3.63, 3.8) is 0 Å². The molecule has 0 aromatic carbocycles. The number of hydrogen-bond acceptors (Lipinski definition) is 7. The third kappa shape index (κ3) is 5.58. The minimum absolute atomic E-state index is 0.0935. The van der Waals surface area contributed by atoms with Gasteiger partial charge in [-0.1, -0.05) is 0 Å². The van der Waals surface area contributed by atoms with Crippen molar-refractivity contribution >= 4 is 23.1 Å². The summed E-state index contributed by atoms with van der Waals surface area (Å²) in [6.45, 7) is 5.48. The van der Waals surface area contributed by atoms with Crippen LogP contribution in [0.4, 0.5) is 11.6 Å². The number of rotatable bonds is 8. The van der Waals surface area contributed by atoms with Crippen molar-refractivity contribution < 1.29 is 14.6 Å². The number of fused-ring (bicyclic) bond motifs is 1. The number of pyridine rings is 3. The topological polar surface area (TPSA) is 114 Å². The molecular formula is C26H28N6O3. The summed E-state index contributed by atoms with van der Waals surface area (Å²) < 4.78 is 7.65. The van der Waals surface area contributed by atoms with Crippen LogP contribution in [0.25, 0.3) is 16.6 Å². The first-order valence-corrected chi connectivity index (χ1v) is 11.6. The van der Waals surface area contributed by atoms with Gasteiger partial charge in [0, 0.05) is 35.8 Å². The second kappa shape index (κ2) is 8.99. The number of aliphatic hydroxyl groups is 1. The van der Waals surface area contributed by atoms with E-state index >= 15 is 0 Å². The Morgan fingerprint density at radius 3 is 2.69 bits per heavy atom. The normalized spacial score (nSPS) is 13.6. The van der Waals surface area contributed by atoms with Gasteiger partial charge < -0.3 is 20.5 Å². The van der Waals surface area contributed by atoms with Gasteiger partial charge in [-0.15, -0.1) is 0 Å². The van der Waals surface area contributed by atoms with Crippen LogP contribution in [0.3, 0.4) is 0 Å². The zero-order valence-electron chi connectivity index (χ0n) is 19.9. The van der Waals surface area contributed by atoms with E-state index in [1.807, 2.05) is 37.4 Å². The molecule has 3 N–H and O–H groups in total. The highest BCUT2D eigenvalue weighted by Crippen LogP contribution is 2.32. The molecule has 0 unspecified atom stereocenters. The minimum atomic E-state index is -0.953. The molecule has 35 heavy (non-hydrogen) atoms. The molecule has 1 aliphatic carbocycles. The average molecular weight is 473 g/mol. The quantitative estimate of drug-likeness (QED) is 0.357. The van der Waals surface area contributed by atoms with Gasteiger partial charge in [-0.2, -0.15) is 5.10 Å². The number of hydrogen-bond donors (Lipinski definition) is 3. The molecule has 1 amide bonds.